The number of fused-ring (bicyclic) bond motifs is 1. The molecule has 4 rings (SSSR count). The number of piperidine rings is 1. The van der Waals surface area contributed by atoms with Gasteiger partial charge in [0.25, 0.3) is 0 Å². The van der Waals surface area contributed by atoms with Crippen LogP contribution < -0.4 is 5.32 Å². The van der Waals surface area contributed by atoms with Crippen molar-refractivity contribution in [2.24, 2.45) is 15.4 Å². The molecule has 3 atom stereocenters. The van der Waals surface area contributed by atoms with E-state index in [-0.39, 0.29) is 18.8 Å². The van der Waals surface area contributed by atoms with Crippen LogP contribution >= 0.6 is 0 Å². The smallest absolute Gasteiger partial charge is 0.207 e. The zero-order chi connectivity index (χ0) is 20.1. The van der Waals surface area contributed by atoms with Gasteiger partial charge in [0, 0.05) is 19.2 Å². The minimum atomic E-state index is -0.433. The van der Waals surface area contributed by atoms with E-state index in [0.717, 1.165) is 30.9 Å². The maximum absolute atomic E-state index is 10.0. The van der Waals surface area contributed by atoms with Crippen LogP contribution in [0.4, 0.5) is 0 Å². The number of nitriles is 1. The summed E-state index contributed by atoms with van der Waals surface area (Å²) in [5.41, 5.74) is 0.603. The summed E-state index contributed by atoms with van der Waals surface area (Å²) >= 11 is 0. The molecule has 2 aliphatic heterocycles. The lowest BCUT2D eigenvalue weighted by atomic mass is 9.72. The van der Waals surface area contributed by atoms with Gasteiger partial charge in [-0.1, -0.05) is 50.3 Å². The topological polar surface area (TPSA) is 84.0 Å². The fraction of sp³-hybridized carbons (Fsp3) is 0.696. The van der Waals surface area contributed by atoms with Crippen molar-refractivity contribution in [1.82, 2.24) is 10.2 Å². The highest BCUT2D eigenvalue weighted by molar-refractivity contribution is 6.04. The van der Waals surface area contributed by atoms with Crippen LogP contribution in [-0.2, 0) is 0 Å². The van der Waals surface area contributed by atoms with Crippen molar-refractivity contribution in [1.29, 1.82) is 5.26 Å². The van der Waals surface area contributed by atoms with E-state index >= 15 is 0 Å². The zero-order valence-electron chi connectivity index (χ0n) is 17.3. The van der Waals surface area contributed by atoms with Crippen molar-refractivity contribution in [2.75, 3.05) is 13.2 Å². The van der Waals surface area contributed by atoms with Gasteiger partial charge >= 0.3 is 0 Å². The molecule has 6 nitrogen and oxygen atoms in total. The van der Waals surface area contributed by atoms with Gasteiger partial charge in [0.1, 0.15) is 12.0 Å². The fourth-order valence-corrected chi connectivity index (χ4v) is 5.66. The molecule has 0 spiro atoms. The highest BCUT2D eigenvalue weighted by atomic mass is 16.3. The molecule has 1 saturated carbocycles. The van der Waals surface area contributed by atoms with Gasteiger partial charge in [-0.05, 0) is 38.2 Å². The van der Waals surface area contributed by atoms with Crippen molar-refractivity contribution < 1.29 is 5.11 Å². The van der Waals surface area contributed by atoms with Crippen LogP contribution in [0, 0.1) is 16.9 Å². The molecule has 156 valence electrons. The van der Waals surface area contributed by atoms with E-state index in [1.165, 1.54) is 44.9 Å². The second-order valence-electron chi connectivity index (χ2n) is 8.81. The van der Waals surface area contributed by atoms with Crippen molar-refractivity contribution >= 4 is 11.5 Å². The molecule has 2 aliphatic carbocycles. The average molecular weight is 396 g/mol. The first-order chi connectivity index (χ1) is 14.3. The van der Waals surface area contributed by atoms with Crippen molar-refractivity contribution in [3.8, 4) is 6.19 Å². The van der Waals surface area contributed by atoms with Crippen molar-refractivity contribution in [3.05, 3.63) is 24.3 Å². The standard InChI is InChI=1S/C23H33N5O/c24-17-25-22-23(14-16-29,21-26-19-11-6-7-12-20(19)27-21)13-8-15-28(22)18-9-4-2-1-3-5-10-18/h6-7,11-12,18-19,21,26,29H,1-5,8-10,13-16H2. The minimum Gasteiger partial charge on any atom is -0.396 e. The van der Waals surface area contributed by atoms with Crippen LogP contribution in [0.3, 0.4) is 0 Å². The Morgan fingerprint density at radius 1 is 1.21 bits per heavy atom. The Kier molecular flexibility index (Phi) is 6.46. The lowest BCUT2D eigenvalue weighted by molar-refractivity contribution is 0.123. The molecular weight excluding hydrogens is 362 g/mol. The van der Waals surface area contributed by atoms with Gasteiger partial charge in [-0.3, -0.25) is 10.3 Å². The van der Waals surface area contributed by atoms with Gasteiger partial charge in [0.15, 0.2) is 0 Å². The number of aliphatic hydroxyl groups excluding tert-OH is 1. The molecule has 29 heavy (non-hydrogen) atoms. The molecule has 6 heteroatoms. The zero-order valence-corrected chi connectivity index (χ0v) is 17.3. The Hall–Kier alpha value is -1.97. The van der Waals surface area contributed by atoms with E-state index in [1.54, 1.807) is 0 Å². The fourth-order valence-electron chi connectivity index (χ4n) is 5.66. The van der Waals surface area contributed by atoms with Crippen LogP contribution in [0.1, 0.15) is 64.2 Å². The molecule has 2 fully saturated rings. The number of allylic oxidation sites excluding steroid dienone is 2. The van der Waals surface area contributed by atoms with E-state index in [9.17, 15) is 10.4 Å². The van der Waals surface area contributed by atoms with Crippen molar-refractivity contribution in [2.45, 2.75) is 82.5 Å². The molecule has 0 aromatic rings. The summed E-state index contributed by atoms with van der Waals surface area (Å²) in [4.78, 5) is 11.8. The third-order valence-corrected chi connectivity index (χ3v) is 7.11. The first kappa shape index (κ1) is 20.3. The molecule has 3 unspecified atom stereocenters. The first-order valence-corrected chi connectivity index (χ1v) is 11.3. The number of hydrogen-bond acceptors (Lipinski definition) is 5. The number of amidine groups is 1. The Balaban J connectivity index is 1.67. The normalized spacial score (nSPS) is 34.4. The largest absolute Gasteiger partial charge is 0.396 e. The monoisotopic (exact) mass is 395 g/mol. The highest BCUT2D eigenvalue weighted by Crippen LogP contribution is 2.43. The summed E-state index contributed by atoms with van der Waals surface area (Å²) in [6.07, 6.45) is 21.5. The number of aliphatic imine (C=N–C) groups is 2. The van der Waals surface area contributed by atoms with E-state index in [2.05, 4.69) is 33.6 Å². The minimum absolute atomic E-state index is 0.0718. The lowest BCUT2D eigenvalue weighted by Gasteiger charge is -2.49. The highest BCUT2D eigenvalue weighted by Gasteiger charge is 2.51. The van der Waals surface area contributed by atoms with E-state index < -0.39 is 5.41 Å². The predicted molar refractivity (Wildman–Crippen MR) is 116 cm³/mol. The maximum Gasteiger partial charge on any atom is 0.207 e. The summed E-state index contributed by atoms with van der Waals surface area (Å²) in [5.74, 6) is 0.860. The third-order valence-electron chi connectivity index (χ3n) is 7.11. The number of nitrogens with one attached hydrogen (secondary N) is 1. The van der Waals surface area contributed by atoms with Crippen LogP contribution in [0.15, 0.2) is 34.3 Å². The summed E-state index contributed by atoms with van der Waals surface area (Å²) in [6, 6.07) is 0.553. The summed E-state index contributed by atoms with van der Waals surface area (Å²) in [5, 5.41) is 23.2. The Morgan fingerprint density at radius 3 is 2.72 bits per heavy atom. The predicted octanol–water partition coefficient (Wildman–Crippen LogP) is 3.31. The SMILES string of the molecule is N#CN=C1N(C2CCCCCCC2)CCCC1(CCO)C1N=C2C=CC=CC2N1. The van der Waals surface area contributed by atoms with E-state index in [4.69, 9.17) is 4.99 Å². The van der Waals surface area contributed by atoms with Crippen LogP contribution in [-0.4, -0.2) is 53.0 Å². The maximum atomic E-state index is 10.0. The summed E-state index contributed by atoms with van der Waals surface area (Å²) in [7, 11) is 0. The van der Waals surface area contributed by atoms with Gasteiger partial charge < -0.3 is 10.0 Å². The number of aliphatic hydroxyl groups is 1. The van der Waals surface area contributed by atoms with Crippen molar-refractivity contribution in [3.63, 3.8) is 0 Å². The van der Waals surface area contributed by atoms with Gasteiger partial charge in [-0.25, -0.2) is 0 Å². The van der Waals surface area contributed by atoms with Crippen LogP contribution in [0.2, 0.25) is 0 Å². The quantitative estimate of drug-likeness (QED) is 0.715. The Labute approximate surface area is 174 Å². The first-order valence-electron chi connectivity index (χ1n) is 11.3. The summed E-state index contributed by atoms with van der Waals surface area (Å²) < 4.78 is 0. The van der Waals surface area contributed by atoms with E-state index in [0.29, 0.717) is 12.5 Å². The molecule has 4 aliphatic rings. The third kappa shape index (κ3) is 4.04. The molecular formula is C23H33N5O. The molecule has 0 amide bonds. The van der Waals surface area contributed by atoms with Gasteiger partial charge in [-0.2, -0.15) is 10.3 Å². The Morgan fingerprint density at radius 2 is 2.00 bits per heavy atom. The molecule has 2 heterocycles. The number of nitrogens with zero attached hydrogens (tertiary/aromatic N) is 4. The van der Waals surface area contributed by atoms with E-state index in [1.807, 2.05) is 12.2 Å². The Bertz CT molecular complexity index is 737. The molecule has 1 saturated heterocycles. The average Bonchev–Trinajstić information content (AvgIpc) is 3.14. The summed E-state index contributed by atoms with van der Waals surface area (Å²) in [6.45, 7) is 1.02. The number of rotatable bonds is 4. The van der Waals surface area contributed by atoms with Gasteiger partial charge in [0.2, 0.25) is 6.19 Å². The molecule has 0 aromatic heterocycles. The number of likely N-dealkylation sites (tertiary alicyclic amines) is 1. The number of hydrogen-bond donors (Lipinski definition) is 2. The lowest BCUT2D eigenvalue weighted by Crippen LogP contribution is -2.60. The second kappa shape index (κ2) is 9.23. The van der Waals surface area contributed by atoms with Crippen LogP contribution in [0.25, 0.3) is 0 Å². The second-order valence-corrected chi connectivity index (χ2v) is 8.81. The molecule has 2 N–H and O–H groups in total. The van der Waals surface area contributed by atoms with Gasteiger partial charge in [-0.15, -0.1) is 0 Å². The molecule has 0 aromatic carbocycles. The van der Waals surface area contributed by atoms with Gasteiger partial charge in [0.05, 0.1) is 17.2 Å². The molecule has 0 radical (unpaired) electrons. The molecule has 0 bridgehead atoms. The van der Waals surface area contributed by atoms with Crippen LogP contribution in [0.5, 0.6) is 0 Å².